The fourth-order valence-electron chi connectivity index (χ4n) is 4.30. The Hall–Kier alpha value is -3.62. The first-order chi connectivity index (χ1) is 16.0. The quantitative estimate of drug-likeness (QED) is 0.627. The third-order valence-corrected chi connectivity index (χ3v) is 6.31. The van der Waals surface area contributed by atoms with Crippen LogP contribution in [0.3, 0.4) is 0 Å². The number of hydrogen-bond acceptors (Lipinski definition) is 4. The predicted octanol–water partition coefficient (Wildman–Crippen LogP) is 4.54. The van der Waals surface area contributed by atoms with Gasteiger partial charge in [-0.25, -0.2) is 0 Å². The van der Waals surface area contributed by atoms with E-state index in [4.69, 9.17) is 0 Å². The van der Waals surface area contributed by atoms with Gasteiger partial charge in [0.05, 0.1) is 0 Å². The van der Waals surface area contributed by atoms with Gasteiger partial charge in [-0.15, -0.1) is 13.2 Å². The number of benzene rings is 2. The summed E-state index contributed by atoms with van der Waals surface area (Å²) in [5, 5.41) is 2.74. The van der Waals surface area contributed by atoms with Gasteiger partial charge < -0.3 is 15.0 Å². The van der Waals surface area contributed by atoms with Crippen LogP contribution in [0, 0.1) is 0 Å². The van der Waals surface area contributed by atoms with E-state index in [-0.39, 0.29) is 35.3 Å². The summed E-state index contributed by atoms with van der Waals surface area (Å²) in [5.74, 6) is -1.06. The minimum Gasteiger partial charge on any atom is -0.406 e. The Morgan fingerprint density at radius 3 is 2.53 bits per heavy atom. The van der Waals surface area contributed by atoms with Crippen LogP contribution in [0.5, 0.6) is 5.75 Å². The number of nitrogens with zero attached hydrogens (tertiary/aromatic N) is 1. The first kappa shape index (κ1) is 23.5. The second kappa shape index (κ2) is 8.62. The minimum atomic E-state index is -4.79. The number of nitrogens with one attached hydrogen (secondary N) is 1. The van der Waals surface area contributed by atoms with Gasteiger partial charge in [0.25, 0.3) is 5.91 Å². The lowest BCUT2D eigenvalue weighted by Crippen LogP contribution is -2.59. The van der Waals surface area contributed by atoms with Crippen molar-refractivity contribution in [3.8, 4) is 5.75 Å². The smallest absolute Gasteiger partial charge is 0.406 e. The number of piperidine rings is 1. The van der Waals surface area contributed by atoms with Gasteiger partial charge in [0.2, 0.25) is 5.91 Å². The molecule has 0 spiro atoms. The van der Waals surface area contributed by atoms with Crippen molar-refractivity contribution < 1.29 is 32.3 Å². The van der Waals surface area contributed by atoms with Gasteiger partial charge in [-0.2, -0.15) is 0 Å². The van der Waals surface area contributed by atoms with E-state index in [2.05, 4.69) is 16.6 Å². The van der Waals surface area contributed by atoms with Crippen LogP contribution in [0.4, 0.5) is 13.2 Å². The topological polar surface area (TPSA) is 75.7 Å². The highest BCUT2D eigenvalue weighted by atomic mass is 19.4. The highest BCUT2D eigenvalue weighted by Crippen LogP contribution is 2.35. The van der Waals surface area contributed by atoms with Gasteiger partial charge in [-0.3, -0.25) is 14.4 Å². The number of allylic oxidation sites excluding steroid dienone is 1. The highest BCUT2D eigenvalue weighted by Gasteiger charge is 2.47. The van der Waals surface area contributed by atoms with Gasteiger partial charge in [0.15, 0.2) is 5.78 Å². The average molecular weight is 472 g/mol. The second-order valence-corrected chi connectivity index (χ2v) is 8.71. The molecular formula is C25H23F3N2O4. The normalized spacial score (nSPS) is 20.2. The third-order valence-electron chi connectivity index (χ3n) is 6.31. The molecule has 2 aliphatic rings. The Labute approximate surface area is 194 Å². The SMILES string of the molecule is C=C1CC[C@](C)(N2Cc3cc(CCC(=O)c4ccc(OC(F)(F)F)cc4)ccc3C2=O)C(=O)N1. The van der Waals surface area contributed by atoms with Crippen molar-refractivity contribution >= 4 is 17.6 Å². The van der Waals surface area contributed by atoms with E-state index in [1.165, 1.54) is 12.1 Å². The van der Waals surface area contributed by atoms with Crippen LogP contribution in [-0.2, 0) is 17.8 Å². The minimum absolute atomic E-state index is 0.151. The molecule has 2 aromatic carbocycles. The maximum Gasteiger partial charge on any atom is 0.573 e. The molecule has 1 fully saturated rings. The van der Waals surface area contributed by atoms with Gasteiger partial charge in [-0.05, 0) is 67.6 Å². The van der Waals surface area contributed by atoms with Gasteiger partial charge in [-0.1, -0.05) is 18.7 Å². The summed E-state index contributed by atoms with van der Waals surface area (Å²) in [7, 11) is 0. The molecule has 1 atom stereocenters. The number of Topliss-reactive ketones (excluding diaryl/α,β-unsaturated/α-hetero) is 1. The molecule has 0 unspecified atom stereocenters. The summed E-state index contributed by atoms with van der Waals surface area (Å²) in [4.78, 5) is 39.7. The van der Waals surface area contributed by atoms with Crippen LogP contribution in [-0.4, -0.2) is 34.4 Å². The lowest BCUT2D eigenvalue weighted by molar-refractivity contribution is -0.274. The average Bonchev–Trinajstić information content (AvgIpc) is 3.11. The molecule has 1 N–H and O–H groups in total. The van der Waals surface area contributed by atoms with Crippen LogP contribution in [0.2, 0.25) is 0 Å². The first-order valence-electron chi connectivity index (χ1n) is 10.8. The lowest BCUT2D eigenvalue weighted by atomic mass is 9.88. The number of amides is 2. The fourth-order valence-corrected chi connectivity index (χ4v) is 4.30. The zero-order valence-electron chi connectivity index (χ0n) is 18.5. The summed E-state index contributed by atoms with van der Waals surface area (Å²) < 4.78 is 40.6. The molecule has 0 aliphatic carbocycles. The van der Waals surface area contributed by atoms with Gasteiger partial charge in [0, 0.05) is 29.8 Å². The molecule has 0 aromatic heterocycles. The molecule has 9 heteroatoms. The standard InChI is InChI=1S/C25H23F3N2O4/c1-15-11-12-24(2,23(33)29-15)30-14-18-13-16(3-9-20(18)22(30)32)4-10-21(31)17-5-7-19(8-6-17)34-25(26,27)28/h3,5-9,13H,1,4,10-12,14H2,2H3,(H,29,33)/t24-/m0/s1. The summed E-state index contributed by atoms with van der Waals surface area (Å²) in [6.45, 7) is 5.84. The largest absolute Gasteiger partial charge is 0.573 e. The molecule has 0 saturated carbocycles. The van der Waals surface area contributed by atoms with E-state index in [9.17, 15) is 27.6 Å². The van der Waals surface area contributed by atoms with Crippen molar-refractivity contribution in [3.63, 3.8) is 0 Å². The van der Waals surface area contributed by atoms with Crippen molar-refractivity contribution in [2.45, 2.75) is 51.1 Å². The lowest BCUT2D eigenvalue weighted by Gasteiger charge is -2.40. The number of ketones is 1. The first-order valence-corrected chi connectivity index (χ1v) is 10.8. The van der Waals surface area contributed by atoms with Crippen LogP contribution < -0.4 is 10.1 Å². The van der Waals surface area contributed by atoms with Gasteiger partial charge >= 0.3 is 6.36 Å². The van der Waals surface area contributed by atoms with Crippen molar-refractivity contribution in [3.05, 3.63) is 77.0 Å². The Morgan fingerprint density at radius 1 is 1.18 bits per heavy atom. The van der Waals surface area contributed by atoms with Gasteiger partial charge in [0.1, 0.15) is 11.3 Å². The van der Waals surface area contributed by atoms with Crippen LogP contribution in [0.1, 0.15) is 58.0 Å². The van der Waals surface area contributed by atoms with Crippen molar-refractivity contribution in [2.75, 3.05) is 0 Å². The van der Waals surface area contributed by atoms with E-state index >= 15 is 0 Å². The zero-order chi connectivity index (χ0) is 24.7. The molecule has 6 nitrogen and oxygen atoms in total. The number of alkyl halides is 3. The van der Waals surface area contributed by atoms with E-state index in [0.717, 1.165) is 23.3 Å². The molecule has 0 radical (unpaired) electrons. The maximum atomic E-state index is 13.0. The molecule has 2 aromatic rings. The summed E-state index contributed by atoms with van der Waals surface area (Å²) in [6.07, 6.45) is -3.15. The van der Waals surface area contributed by atoms with Crippen LogP contribution >= 0.6 is 0 Å². The van der Waals surface area contributed by atoms with E-state index in [0.29, 0.717) is 37.1 Å². The molecule has 178 valence electrons. The summed E-state index contributed by atoms with van der Waals surface area (Å²) in [6, 6.07) is 10.2. The number of rotatable bonds is 6. The number of aryl methyl sites for hydroxylation is 1. The van der Waals surface area contributed by atoms with E-state index < -0.39 is 11.9 Å². The fraction of sp³-hybridized carbons (Fsp3) is 0.320. The molecule has 2 heterocycles. The molecule has 0 bridgehead atoms. The Balaban J connectivity index is 1.41. The summed E-state index contributed by atoms with van der Waals surface area (Å²) in [5.41, 5.74) is 2.15. The number of fused-ring (bicyclic) bond motifs is 1. The number of halogens is 3. The number of hydrogen-bond donors (Lipinski definition) is 1. The maximum absolute atomic E-state index is 13.0. The predicted molar refractivity (Wildman–Crippen MR) is 117 cm³/mol. The number of ether oxygens (including phenoxy) is 1. The molecule has 34 heavy (non-hydrogen) atoms. The second-order valence-electron chi connectivity index (χ2n) is 8.71. The molecule has 2 aliphatic heterocycles. The monoisotopic (exact) mass is 472 g/mol. The Bertz CT molecular complexity index is 1170. The Morgan fingerprint density at radius 2 is 1.88 bits per heavy atom. The third kappa shape index (κ3) is 4.69. The molecular weight excluding hydrogens is 449 g/mol. The van der Waals surface area contributed by atoms with E-state index in [1.807, 2.05) is 6.07 Å². The van der Waals surface area contributed by atoms with Crippen LogP contribution in [0.15, 0.2) is 54.7 Å². The summed E-state index contributed by atoms with van der Waals surface area (Å²) >= 11 is 0. The highest BCUT2D eigenvalue weighted by molar-refractivity contribution is 6.03. The number of carbonyl (C=O) groups is 3. The van der Waals surface area contributed by atoms with Crippen molar-refractivity contribution in [1.82, 2.24) is 10.2 Å². The van der Waals surface area contributed by atoms with E-state index in [1.54, 1.807) is 24.0 Å². The van der Waals surface area contributed by atoms with Crippen molar-refractivity contribution in [1.29, 1.82) is 0 Å². The van der Waals surface area contributed by atoms with Crippen LogP contribution in [0.25, 0.3) is 0 Å². The van der Waals surface area contributed by atoms with Crippen molar-refractivity contribution in [2.24, 2.45) is 0 Å². The number of carbonyl (C=O) groups excluding carboxylic acids is 3. The zero-order valence-corrected chi connectivity index (χ0v) is 18.5. The molecule has 1 saturated heterocycles. The molecule has 4 rings (SSSR count). The Kier molecular flexibility index (Phi) is 5.97. The molecule has 2 amide bonds.